The first-order valence-electron chi connectivity index (χ1n) is 11.5. The Balaban J connectivity index is 1.60. The van der Waals surface area contributed by atoms with Crippen molar-refractivity contribution in [3.63, 3.8) is 0 Å². The summed E-state index contributed by atoms with van der Waals surface area (Å²) in [5.41, 5.74) is 14.9. The summed E-state index contributed by atoms with van der Waals surface area (Å²) >= 11 is 0. The molecule has 0 saturated heterocycles. The van der Waals surface area contributed by atoms with Crippen molar-refractivity contribution >= 4 is 33.1 Å². The second-order valence-electron chi connectivity index (χ2n) is 8.65. The van der Waals surface area contributed by atoms with Crippen LogP contribution < -0.4 is 5.73 Å². The Morgan fingerprint density at radius 1 is 1.06 bits per heavy atom. The van der Waals surface area contributed by atoms with Gasteiger partial charge in [-0.15, -0.1) is 0 Å². The fourth-order valence-corrected chi connectivity index (χ4v) is 4.79. The minimum absolute atomic E-state index is 0.489. The topological polar surface area (TPSA) is 39.2 Å². The summed E-state index contributed by atoms with van der Waals surface area (Å²) in [5.74, 6) is 0.671. The van der Waals surface area contributed by atoms with Crippen molar-refractivity contribution in [1.29, 1.82) is 0 Å². The van der Waals surface area contributed by atoms with Gasteiger partial charge in [0, 0.05) is 17.3 Å². The highest BCUT2D eigenvalue weighted by molar-refractivity contribution is 6.08. The molecule has 1 aliphatic rings. The first-order chi connectivity index (χ1) is 15.7. The Morgan fingerprint density at radius 3 is 2.66 bits per heavy atom. The summed E-state index contributed by atoms with van der Waals surface area (Å²) in [6, 6.07) is 21.2. The zero-order valence-electron chi connectivity index (χ0n) is 18.6. The van der Waals surface area contributed by atoms with E-state index in [4.69, 9.17) is 10.2 Å². The SMILES string of the molecule is C=C(/C=C(\C=C/C)c1ccc2oc3cccc(CN)c3c2c1)c1ccccc1C1CCC1. The van der Waals surface area contributed by atoms with Gasteiger partial charge in [-0.25, -0.2) is 0 Å². The van der Waals surface area contributed by atoms with E-state index in [9.17, 15) is 0 Å². The van der Waals surface area contributed by atoms with E-state index >= 15 is 0 Å². The van der Waals surface area contributed by atoms with Gasteiger partial charge < -0.3 is 10.2 Å². The average Bonchev–Trinajstić information content (AvgIpc) is 3.16. The maximum atomic E-state index is 6.09. The highest BCUT2D eigenvalue weighted by Crippen LogP contribution is 2.40. The van der Waals surface area contributed by atoms with Crippen molar-refractivity contribution in [3.05, 3.63) is 108 Å². The fraction of sp³-hybridized carbons (Fsp3) is 0.200. The molecule has 160 valence electrons. The summed E-state index contributed by atoms with van der Waals surface area (Å²) < 4.78 is 6.09. The smallest absolute Gasteiger partial charge is 0.135 e. The van der Waals surface area contributed by atoms with Gasteiger partial charge in [-0.05, 0) is 83.4 Å². The van der Waals surface area contributed by atoms with E-state index in [2.05, 4.69) is 80.3 Å². The largest absolute Gasteiger partial charge is 0.456 e. The molecular formula is C30H29NO. The minimum atomic E-state index is 0.489. The molecule has 2 nitrogen and oxygen atoms in total. The van der Waals surface area contributed by atoms with Crippen LogP contribution in [0, 0.1) is 0 Å². The number of hydrogen-bond donors (Lipinski definition) is 1. The van der Waals surface area contributed by atoms with E-state index in [0.29, 0.717) is 12.5 Å². The highest BCUT2D eigenvalue weighted by atomic mass is 16.3. The zero-order valence-corrected chi connectivity index (χ0v) is 18.6. The van der Waals surface area contributed by atoms with Crippen LogP contribution in [-0.4, -0.2) is 0 Å². The summed E-state index contributed by atoms with van der Waals surface area (Å²) in [6.45, 7) is 7.00. The Morgan fingerprint density at radius 2 is 1.91 bits per heavy atom. The molecule has 32 heavy (non-hydrogen) atoms. The van der Waals surface area contributed by atoms with E-state index in [0.717, 1.165) is 44.2 Å². The van der Waals surface area contributed by atoms with Gasteiger partial charge in [0.2, 0.25) is 0 Å². The molecule has 1 aliphatic carbocycles. The van der Waals surface area contributed by atoms with Crippen molar-refractivity contribution in [3.8, 4) is 0 Å². The van der Waals surface area contributed by atoms with Crippen LogP contribution in [0.2, 0.25) is 0 Å². The van der Waals surface area contributed by atoms with Gasteiger partial charge in [0.1, 0.15) is 11.2 Å². The van der Waals surface area contributed by atoms with Crippen molar-refractivity contribution in [2.75, 3.05) is 0 Å². The van der Waals surface area contributed by atoms with Crippen molar-refractivity contribution in [2.24, 2.45) is 5.73 Å². The molecule has 0 bridgehead atoms. The third-order valence-electron chi connectivity index (χ3n) is 6.66. The molecule has 0 atom stereocenters. The number of benzene rings is 3. The van der Waals surface area contributed by atoms with Crippen LogP contribution in [0.5, 0.6) is 0 Å². The van der Waals surface area contributed by atoms with E-state index in [-0.39, 0.29) is 0 Å². The first-order valence-corrected chi connectivity index (χ1v) is 11.5. The lowest BCUT2D eigenvalue weighted by atomic mass is 9.77. The number of hydrogen-bond acceptors (Lipinski definition) is 2. The lowest BCUT2D eigenvalue weighted by Crippen LogP contribution is -2.10. The molecule has 1 heterocycles. The quantitative estimate of drug-likeness (QED) is 0.322. The molecule has 4 aromatic rings. The number of allylic oxidation sites excluding steroid dienone is 5. The molecule has 1 aromatic heterocycles. The normalized spacial score (nSPS) is 15.0. The van der Waals surface area contributed by atoms with Crippen LogP contribution in [-0.2, 0) is 6.54 Å². The maximum absolute atomic E-state index is 6.09. The molecule has 0 spiro atoms. The minimum Gasteiger partial charge on any atom is -0.456 e. The Kier molecular flexibility index (Phi) is 5.55. The summed E-state index contributed by atoms with van der Waals surface area (Å²) in [7, 11) is 0. The van der Waals surface area contributed by atoms with Gasteiger partial charge in [-0.1, -0.05) is 67.6 Å². The molecular weight excluding hydrogens is 390 g/mol. The van der Waals surface area contributed by atoms with Gasteiger partial charge in [-0.2, -0.15) is 0 Å². The second-order valence-corrected chi connectivity index (χ2v) is 8.65. The molecule has 0 amide bonds. The number of nitrogens with two attached hydrogens (primary N) is 1. The van der Waals surface area contributed by atoms with Gasteiger partial charge in [0.25, 0.3) is 0 Å². The van der Waals surface area contributed by atoms with Gasteiger partial charge in [0.05, 0.1) is 0 Å². The standard InChI is InChI=1S/C30H29NO/c1-3-8-22(17-20(2)25-12-4-5-13-26(25)21-9-6-10-21)23-15-16-28-27(18-23)30-24(19-31)11-7-14-29(30)32-28/h3-5,7-8,11-18,21H,2,6,9-10,19,31H2,1H3/b8-3-,22-17+. The average molecular weight is 420 g/mol. The number of furan rings is 1. The van der Waals surface area contributed by atoms with Crippen LogP contribution >= 0.6 is 0 Å². The third kappa shape index (κ3) is 3.61. The first kappa shape index (κ1) is 20.5. The van der Waals surface area contributed by atoms with Crippen molar-refractivity contribution < 1.29 is 4.42 Å². The fourth-order valence-electron chi connectivity index (χ4n) is 4.79. The van der Waals surface area contributed by atoms with E-state index < -0.39 is 0 Å². The van der Waals surface area contributed by atoms with Gasteiger partial charge in [-0.3, -0.25) is 0 Å². The maximum Gasteiger partial charge on any atom is 0.135 e. The van der Waals surface area contributed by atoms with E-state index in [1.807, 2.05) is 12.1 Å². The molecule has 2 heteroatoms. The third-order valence-corrected chi connectivity index (χ3v) is 6.66. The Labute approximate surface area is 189 Å². The van der Waals surface area contributed by atoms with E-state index in [1.165, 1.54) is 30.4 Å². The van der Waals surface area contributed by atoms with E-state index in [1.54, 1.807) is 0 Å². The molecule has 1 saturated carbocycles. The van der Waals surface area contributed by atoms with Crippen LogP contribution in [0.15, 0.2) is 89.9 Å². The Hall–Kier alpha value is -3.36. The molecule has 0 unspecified atom stereocenters. The molecule has 0 radical (unpaired) electrons. The van der Waals surface area contributed by atoms with Gasteiger partial charge >= 0.3 is 0 Å². The predicted molar refractivity (Wildman–Crippen MR) is 136 cm³/mol. The van der Waals surface area contributed by atoms with Crippen LogP contribution in [0.3, 0.4) is 0 Å². The monoisotopic (exact) mass is 419 g/mol. The lowest BCUT2D eigenvalue weighted by Gasteiger charge is -2.28. The highest BCUT2D eigenvalue weighted by Gasteiger charge is 2.22. The zero-order chi connectivity index (χ0) is 22.1. The van der Waals surface area contributed by atoms with Gasteiger partial charge in [0.15, 0.2) is 0 Å². The second kappa shape index (κ2) is 8.64. The van der Waals surface area contributed by atoms with Crippen LogP contribution in [0.4, 0.5) is 0 Å². The molecule has 3 aromatic carbocycles. The summed E-state index contributed by atoms with van der Waals surface area (Å²) in [4.78, 5) is 0. The van der Waals surface area contributed by atoms with Crippen LogP contribution in [0.1, 0.15) is 54.4 Å². The number of fused-ring (bicyclic) bond motifs is 3. The molecule has 1 fully saturated rings. The predicted octanol–water partition coefficient (Wildman–Crippen LogP) is 7.99. The molecule has 0 aliphatic heterocycles. The molecule has 2 N–H and O–H groups in total. The summed E-state index contributed by atoms with van der Waals surface area (Å²) in [5, 5.41) is 2.22. The summed E-state index contributed by atoms with van der Waals surface area (Å²) in [6.07, 6.45) is 10.3. The number of rotatable bonds is 6. The van der Waals surface area contributed by atoms with Crippen LogP contribution in [0.25, 0.3) is 33.1 Å². The lowest BCUT2D eigenvalue weighted by molar-refractivity contribution is 0.419. The Bertz CT molecular complexity index is 1360. The molecule has 5 rings (SSSR count). The van der Waals surface area contributed by atoms with Crippen molar-refractivity contribution in [1.82, 2.24) is 0 Å². The van der Waals surface area contributed by atoms with Crippen molar-refractivity contribution in [2.45, 2.75) is 38.6 Å².